The summed E-state index contributed by atoms with van der Waals surface area (Å²) in [6.07, 6.45) is 2.89. The molecule has 0 saturated carbocycles. The molecule has 3 aromatic rings. The molecule has 2 aromatic heterocycles. The molecule has 0 unspecified atom stereocenters. The highest BCUT2D eigenvalue weighted by atomic mass is 16.6. The second-order valence-electron chi connectivity index (χ2n) is 4.51. The van der Waals surface area contributed by atoms with Gasteiger partial charge in [0.1, 0.15) is 12.7 Å². The number of aromatic nitrogens is 4. The highest BCUT2D eigenvalue weighted by Crippen LogP contribution is 2.30. The lowest BCUT2D eigenvalue weighted by Gasteiger charge is -2.07. The molecule has 9 heteroatoms. The van der Waals surface area contributed by atoms with Crippen molar-refractivity contribution in [2.45, 2.75) is 6.92 Å². The zero-order chi connectivity index (χ0) is 16.4. The van der Waals surface area contributed by atoms with Crippen molar-refractivity contribution in [1.82, 2.24) is 19.5 Å². The monoisotopic (exact) mass is 315 g/mol. The summed E-state index contributed by atoms with van der Waals surface area (Å²) in [5.74, 6) is 0.562. The van der Waals surface area contributed by atoms with Crippen LogP contribution in [0.5, 0.6) is 11.6 Å². The van der Waals surface area contributed by atoms with Crippen molar-refractivity contribution >= 4 is 16.9 Å². The van der Waals surface area contributed by atoms with Crippen molar-refractivity contribution in [2.75, 3.05) is 13.7 Å². The van der Waals surface area contributed by atoms with Crippen LogP contribution in [-0.2, 0) is 0 Å². The third kappa shape index (κ3) is 2.52. The van der Waals surface area contributed by atoms with E-state index in [-0.39, 0.29) is 11.4 Å². The number of hydrogen-bond acceptors (Lipinski definition) is 7. The van der Waals surface area contributed by atoms with Crippen LogP contribution in [0.25, 0.3) is 16.9 Å². The Morgan fingerprint density at radius 3 is 2.83 bits per heavy atom. The van der Waals surface area contributed by atoms with Crippen LogP contribution in [0.15, 0.2) is 30.9 Å². The minimum atomic E-state index is -0.498. The largest absolute Gasteiger partial charge is 0.490 e. The summed E-state index contributed by atoms with van der Waals surface area (Å²) >= 11 is 0. The molecule has 0 aliphatic heterocycles. The van der Waals surface area contributed by atoms with Crippen LogP contribution < -0.4 is 9.47 Å². The molecular weight excluding hydrogens is 302 g/mol. The molecule has 0 atom stereocenters. The molecule has 0 fully saturated rings. The number of nitrogens with zero attached hydrogens (tertiary/aromatic N) is 5. The summed E-state index contributed by atoms with van der Waals surface area (Å²) in [5, 5.41) is 11.2. The fraction of sp³-hybridized carbons (Fsp3) is 0.214. The van der Waals surface area contributed by atoms with Gasteiger partial charge in [0.05, 0.1) is 24.3 Å². The number of methoxy groups -OCH3 is 1. The molecule has 0 radical (unpaired) electrons. The Kier molecular flexibility index (Phi) is 3.75. The van der Waals surface area contributed by atoms with Gasteiger partial charge in [0.2, 0.25) is 5.88 Å². The van der Waals surface area contributed by atoms with Crippen molar-refractivity contribution in [3.63, 3.8) is 0 Å². The first-order chi connectivity index (χ1) is 11.2. The molecule has 23 heavy (non-hydrogen) atoms. The summed E-state index contributed by atoms with van der Waals surface area (Å²) in [4.78, 5) is 23.1. The van der Waals surface area contributed by atoms with Crippen molar-refractivity contribution in [1.29, 1.82) is 0 Å². The van der Waals surface area contributed by atoms with Crippen molar-refractivity contribution in [3.8, 4) is 17.3 Å². The van der Waals surface area contributed by atoms with Crippen LogP contribution in [0.1, 0.15) is 6.92 Å². The van der Waals surface area contributed by atoms with Gasteiger partial charge < -0.3 is 9.47 Å². The fourth-order valence-corrected chi connectivity index (χ4v) is 2.22. The predicted molar refractivity (Wildman–Crippen MR) is 81.0 cm³/mol. The number of rotatable bonds is 5. The lowest BCUT2D eigenvalue weighted by molar-refractivity contribution is -0.385. The van der Waals surface area contributed by atoms with Crippen molar-refractivity contribution in [3.05, 3.63) is 41.0 Å². The Balaban J connectivity index is 2.16. The number of imidazole rings is 1. The number of hydrogen-bond donors (Lipinski definition) is 0. The summed E-state index contributed by atoms with van der Waals surface area (Å²) in [7, 11) is 1.39. The minimum Gasteiger partial charge on any atom is -0.490 e. The Morgan fingerprint density at radius 1 is 1.30 bits per heavy atom. The van der Waals surface area contributed by atoms with Gasteiger partial charge in [-0.2, -0.15) is 4.98 Å². The molecule has 0 amide bonds. The molecule has 0 spiro atoms. The fourth-order valence-electron chi connectivity index (χ4n) is 2.22. The first kappa shape index (κ1) is 14.7. The molecule has 0 N–H and O–H groups in total. The number of nitro benzene ring substituents is 1. The average molecular weight is 315 g/mol. The summed E-state index contributed by atoms with van der Waals surface area (Å²) in [6.45, 7) is 2.30. The molecule has 2 heterocycles. The van der Waals surface area contributed by atoms with E-state index in [9.17, 15) is 10.1 Å². The molecule has 118 valence electrons. The molecule has 0 saturated heterocycles. The maximum absolute atomic E-state index is 11.2. The van der Waals surface area contributed by atoms with Gasteiger partial charge in [-0.1, -0.05) is 0 Å². The third-order valence-corrected chi connectivity index (χ3v) is 3.22. The van der Waals surface area contributed by atoms with Gasteiger partial charge >= 0.3 is 5.69 Å². The third-order valence-electron chi connectivity index (χ3n) is 3.22. The predicted octanol–water partition coefficient (Wildman–Crippen LogP) is 2.13. The van der Waals surface area contributed by atoms with E-state index in [1.807, 2.05) is 6.92 Å². The van der Waals surface area contributed by atoms with Crippen LogP contribution in [-0.4, -0.2) is 38.2 Å². The van der Waals surface area contributed by atoms with Gasteiger partial charge in [-0.15, -0.1) is 0 Å². The Bertz CT molecular complexity index is 877. The van der Waals surface area contributed by atoms with Gasteiger partial charge in [-0.3, -0.25) is 14.7 Å². The van der Waals surface area contributed by atoms with Crippen molar-refractivity contribution < 1.29 is 14.4 Å². The van der Waals surface area contributed by atoms with E-state index in [2.05, 4.69) is 15.0 Å². The maximum Gasteiger partial charge on any atom is 0.312 e. The second-order valence-corrected chi connectivity index (χ2v) is 4.51. The molecule has 0 bridgehead atoms. The highest BCUT2D eigenvalue weighted by molar-refractivity contribution is 5.78. The van der Waals surface area contributed by atoms with Crippen LogP contribution in [0.2, 0.25) is 0 Å². The molecule has 0 aliphatic carbocycles. The highest BCUT2D eigenvalue weighted by Gasteiger charge is 2.18. The smallest absolute Gasteiger partial charge is 0.312 e. The first-order valence-corrected chi connectivity index (χ1v) is 6.79. The number of ether oxygens (including phenoxy) is 2. The summed E-state index contributed by atoms with van der Waals surface area (Å²) in [6, 6.07) is 4.63. The molecular formula is C14H13N5O4. The Morgan fingerprint density at radius 2 is 2.13 bits per heavy atom. The van der Waals surface area contributed by atoms with E-state index >= 15 is 0 Å². The maximum atomic E-state index is 11.2. The molecule has 9 nitrogen and oxygen atoms in total. The van der Waals surface area contributed by atoms with Crippen LogP contribution in [0, 0.1) is 10.1 Å². The Hall–Kier alpha value is -3.23. The van der Waals surface area contributed by atoms with Crippen molar-refractivity contribution in [2.24, 2.45) is 0 Å². The van der Waals surface area contributed by atoms with E-state index in [0.29, 0.717) is 29.3 Å². The molecule has 1 aromatic carbocycles. The summed E-state index contributed by atoms with van der Waals surface area (Å²) in [5.41, 5.74) is 1.41. The normalized spacial score (nSPS) is 10.7. The molecule has 0 aliphatic rings. The van der Waals surface area contributed by atoms with Gasteiger partial charge in [-0.25, -0.2) is 9.97 Å². The van der Waals surface area contributed by atoms with E-state index in [0.717, 1.165) is 0 Å². The Labute approximate surface area is 130 Å². The van der Waals surface area contributed by atoms with Gasteiger partial charge in [0.25, 0.3) is 0 Å². The molecule has 3 rings (SSSR count). The lowest BCUT2D eigenvalue weighted by atomic mass is 10.2. The average Bonchev–Trinajstić information content (AvgIpc) is 2.99. The van der Waals surface area contributed by atoms with E-state index in [1.54, 1.807) is 10.6 Å². The van der Waals surface area contributed by atoms with Gasteiger partial charge in [-0.05, 0) is 19.1 Å². The van der Waals surface area contributed by atoms with Crippen LogP contribution in [0.4, 0.5) is 5.69 Å². The van der Waals surface area contributed by atoms with Crippen LogP contribution in [0.3, 0.4) is 0 Å². The number of fused-ring (bicyclic) bond motifs is 1. The van der Waals surface area contributed by atoms with E-state index < -0.39 is 4.92 Å². The minimum absolute atomic E-state index is 0.133. The summed E-state index contributed by atoms with van der Waals surface area (Å²) < 4.78 is 12.0. The zero-order valence-electron chi connectivity index (χ0n) is 12.5. The topological polar surface area (TPSA) is 105 Å². The SMILES string of the molecule is CCOc1ncnc2c1ncn2-c1ccc(OC)c([N+](=O)[O-])c1. The number of nitro groups is 1. The lowest BCUT2D eigenvalue weighted by Crippen LogP contribution is -2.00. The van der Waals surface area contributed by atoms with Gasteiger partial charge in [0, 0.05) is 6.07 Å². The number of benzene rings is 1. The van der Waals surface area contributed by atoms with Gasteiger partial charge in [0.15, 0.2) is 16.9 Å². The standard InChI is InChI=1S/C14H13N5O4/c1-3-23-14-12-13(15-7-16-14)18(8-17-12)9-4-5-11(22-2)10(6-9)19(20)21/h4-8H,3H2,1-2H3. The van der Waals surface area contributed by atoms with E-state index in [1.165, 1.54) is 31.9 Å². The second kappa shape index (κ2) is 5.87. The van der Waals surface area contributed by atoms with Crippen LogP contribution >= 0.6 is 0 Å². The quantitative estimate of drug-likeness (QED) is 0.524. The zero-order valence-corrected chi connectivity index (χ0v) is 12.5. The first-order valence-electron chi connectivity index (χ1n) is 6.79. The van der Waals surface area contributed by atoms with E-state index in [4.69, 9.17) is 9.47 Å².